The normalized spacial score (nSPS) is 30.7. The summed E-state index contributed by atoms with van der Waals surface area (Å²) in [6.07, 6.45) is 23.5. The van der Waals surface area contributed by atoms with Crippen LogP contribution in [0.25, 0.3) is 0 Å². The van der Waals surface area contributed by atoms with Crippen molar-refractivity contribution in [3.63, 3.8) is 0 Å². The molecular weight excluding hydrogens is 144 g/mol. The van der Waals surface area contributed by atoms with E-state index in [1.165, 1.54) is 0 Å². The van der Waals surface area contributed by atoms with Gasteiger partial charge in [0.2, 0.25) is 0 Å². The van der Waals surface area contributed by atoms with Crippen molar-refractivity contribution in [1.29, 1.82) is 0 Å². The van der Waals surface area contributed by atoms with Gasteiger partial charge in [0.1, 0.15) is 0 Å². The lowest BCUT2D eigenvalue weighted by atomic mass is 10.2. The van der Waals surface area contributed by atoms with Crippen molar-refractivity contribution < 1.29 is 0 Å². The molecule has 1 aliphatic rings. The topological polar surface area (TPSA) is 0 Å². The highest BCUT2D eigenvalue weighted by Gasteiger charge is 1.73. The summed E-state index contributed by atoms with van der Waals surface area (Å²) >= 11 is 0. The number of allylic oxidation sites excluding steroid dienone is 10. The summed E-state index contributed by atoms with van der Waals surface area (Å²) in [5, 5.41) is 0. The standard InChI is InChI=1S/C12H13/c1-2-4-6-8-10-12-11-9-7-5-3-1/h1-7,10,12H,8,11H2/b2-1+,5-3-,6-4-,9-7?,12-10+. The van der Waals surface area contributed by atoms with Crippen molar-refractivity contribution in [3.05, 3.63) is 60.8 Å². The third-order valence-electron chi connectivity index (χ3n) is 1.47. The van der Waals surface area contributed by atoms with Crippen LogP contribution >= 0.6 is 0 Å². The first-order valence-electron chi connectivity index (χ1n) is 4.20. The van der Waals surface area contributed by atoms with E-state index in [0.29, 0.717) is 0 Å². The Hall–Kier alpha value is -1.30. The minimum Gasteiger partial charge on any atom is -0.0844 e. The van der Waals surface area contributed by atoms with Gasteiger partial charge in [0.25, 0.3) is 0 Å². The maximum absolute atomic E-state index is 3.15. The lowest BCUT2D eigenvalue weighted by Crippen LogP contribution is -1.63. The van der Waals surface area contributed by atoms with E-state index in [1.54, 1.807) is 0 Å². The highest BCUT2D eigenvalue weighted by molar-refractivity contribution is 5.15. The van der Waals surface area contributed by atoms with Crippen molar-refractivity contribution >= 4 is 0 Å². The van der Waals surface area contributed by atoms with Crippen LogP contribution in [-0.2, 0) is 0 Å². The molecule has 0 fully saturated rings. The molecule has 0 nitrogen and oxygen atoms in total. The van der Waals surface area contributed by atoms with Gasteiger partial charge >= 0.3 is 0 Å². The van der Waals surface area contributed by atoms with Crippen LogP contribution in [0.15, 0.2) is 54.7 Å². The number of rotatable bonds is 0. The van der Waals surface area contributed by atoms with E-state index < -0.39 is 0 Å². The van der Waals surface area contributed by atoms with E-state index in [9.17, 15) is 0 Å². The second-order valence-electron chi connectivity index (χ2n) is 2.48. The molecule has 1 aliphatic carbocycles. The summed E-state index contributed by atoms with van der Waals surface area (Å²) in [5.41, 5.74) is 0. The van der Waals surface area contributed by atoms with Crippen molar-refractivity contribution in [2.75, 3.05) is 0 Å². The molecular formula is C12H13. The largest absolute Gasteiger partial charge is 0.0844 e. The van der Waals surface area contributed by atoms with Gasteiger partial charge in [0, 0.05) is 0 Å². The summed E-state index contributed by atoms with van der Waals surface area (Å²) in [5.74, 6) is 0. The summed E-state index contributed by atoms with van der Waals surface area (Å²) in [4.78, 5) is 0. The Morgan fingerprint density at radius 3 is 2.58 bits per heavy atom. The maximum Gasteiger partial charge on any atom is -0.00945 e. The molecule has 0 aliphatic heterocycles. The van der Waals surface area contributed by atoms with E-state index in [4.69, 9.17) is 0 Å². The molecule has 1 radical (unpaired) electrons. The molecule has 0 heteroatoms. The lowest BCUT2D eigenvalue weighted by Gasteiger charge is -1.82. The molecule has 61 valence electrons. The van der Waals surface area contributed by atoms with Gasteiger partial charge in [0.05, 0.1) is 0 Å². The molecule has 0 spiro atoms. The van der Waals surface area contributed by atoms with Crippen LogP contribution in [0.5, 0.6) is 0 Å². The van der Waals surface area contributed by atoms with E-state index in [2.05, 4.69) is 30.4 Å². The van der Waals surface area contributed by atoms with Crippen molar-refractivity contribution in [2.45, 2.75) is 12.8 Å². The lowest BCUT2D eigenvalue weighted by molar-refractivity contribution is 1.28. The Kier molecular flexibility index (Phi) is 4.70. The first-order valence-corrected chi connectivity index (χ1v) is 4.20. The quantitative estimate of drug-likeness (QED) is 0.473. The number of hydrogen-bond acceptors (Lipinski definition) is 0. The number of hydrogen-bond donors (Lipinski definition) is 0. The van der Waals surface area contributed by atoms with Crippen molar-refractivity contribution in [2.24, 2.45) is 0 Å². The molecule has 0 unspecified atom stereocenters. The molecule has 0 saturated carbocycles. The van der Waals surface area contributed by atoms with E-state index in [-0.39, 0.29) is 0 Å². The molecule has 0 amide bonds. The first kappa shape index (κ1) is 8.79. The fraction of sp³-hybridized carbons (Fsp3) is 0.167. The smallest absolute Gasteiger partial charge is 0.00945 e. The molecule has 0 saturated heterocycles. The fourth-order valence-corrected chi connectivity index (χ4v) is 0.867. The monoisotopic (exact) mass is 157 g/mol. The highest BCUT2D eigenvalue weighted by atomic mass is 13.8. The van der Waals surface area contributed by atoms with Gasteiger partial charge in [-0.3, -0.25) is 0 Å². The van der Waals surface area contributed by atoms with Gasteiger partial charge < -0.3 is 0 Å². The van der Waals surface area contributed by atoms with E-state index >= 15 is 0 Å². The van der Waals surface area contributed by atoms with Crippen LogP contribution in [0, 0.1) is 6.08 Å². The molecule has 0 atom stereocenters. The highest BCUT2D eigenvalue weighted by Crippen LogP contribution is 1.93. The molecule has 0 heterocycles. The van der Waals surface area contributed by atoms with Gasteiger partial charge in [-0.25, -0.2) is 0 Å². The third kappa shape index (κ3) is 4.51. The van der Waals surface area contributed by atoms with Gasteiger partial charge in [-0.1, -0.05) is 54.7 Å². The maximum atomic E-state index is 3.15. The van der Waals surface area contributed by atoms with Crippen LogP contribution in [0.1, 0.15) is 12.8 Å². The third-order valence-corrected chi connectivity index (χ3v) is 1.47. The average Bonchev–Trinajstić information content (AvgIpc) is 2.05. The predicted molar refractivity (Wildman–Crippen MR) is 53.6 cm³/mol. The second-order valence-corrected chi connectivity index (χ2v) is 2.48. The molecule has 1 rings (SSSR count). The first-order chi connectivity index (χ1) is 6.00. The van der Waals surface area contributed by atoms with Gasteiger partial charge in [-0.15, -0.1) is 0 Å². The molecule has 0 aromatic carbocycles. The SMILES string of the molecule is [C]1=C/C=C\C=C\C=C/C/C=C/C/1. The van der Waals surface area contributed by atoms with Gasteiger partial charge in [-0.05, 0) is 18.9 Å². The molecule has 0 aromatic heterocycles. The Morgan fingerprint density at radius 1 is 0.750 bits per heavy atom. The predicted octanol–water partition coefficient (Wildman–Crippen LogP) is 3.36. The average molecular weight is 157 g/mol. The van der Waals surface area contributed by atoms with Crippen molar-refractivity contribution in [3.8, 4) is 0 Å². The zero-order valence-electron chi connectivity index (χ0n) is 7.11. The molecule has 0 bridgehead atoms. The van der Waals surface area contributed by atoms with Crippen LogP contribution < -0.4 is 0 Å². The summed E-state index contributed by atoms with van der Waals surface area (Å²) in [7, 11) is 0. The van der Waals surface area contributed by atoms with Crippen LogP contribution in [-0.4, -0.2) is 0 Å². The molecule has 0 aromatic rings. The van der Waals surface area contributed by atoms with Crippen LogP contribution in [0.4, 0.5) is 0 Å². The summed E-state index contributed by atoms with van der Waals surface area (Å²) in [6.45, 7) is 0. The van der Waals surface area contributed by atoms with Gasteiger partial charge in [-0.2, -0.15) is 0 Å². The van der Waals surface area contributed by atoms with Crippen LogP contribution in [0.3, 0.4) is 0 Å². The summed E-state index contributed by atoms with van der Waals surface area (Å²) < 4.78 is 0. The van der Waals surface area contributed by atoms with Crippen molar-refractivity contribution in [1.82, 2.24) is 0 Å². The summed E-state index contributed by atoms with van der Waals surface area (Å²) in [6, 6.07) is 0. The Morgan fingerprint density at radius 2 is 1.58 bits per heavy atom. The Balaban J connectivity index is 2.55. The molecule has 12 heavy (non-hydrogen) atoms. The Bertz CT molecular complexity index is 211. The van der Waals surface area contributed by atoms with E-state index in [1.807, 2.05) is 30.4 Å². The zero-order chi connectivity index (χ0) is 8.49. The van der Waals surface area contributed by atoms with E-state index in [0.717, 1.165) is 12.8 Å². The minimum atomic E-state index is 0.905. The minimum absolute atomic E-state index is 0.905. The van der Waals surface area contributed by atoms with Gasteiger partial charge in [0.15, 0.2) is 0 Å². The molecule has 0 N–H and O–H groups in total. The fourth-order valence-electron chi connectivity index (χ4n) is 0.867. The Labute approximate surface area is 74.3 Å². The van der Waals surface area contributed by atoms with Crippen LogP contribution in [0.2, 0.25) is 0 Å². The zero-order valence-corrected chi connectivity index (χ0v) is 7.11. The second kappa shape index (κ2) is 6.41.